The molecular formula is C14H16ClN3O3. The Bertz CT molecular complexity index is 667. The molecule has 0 atom stereocenters. The van der Waals surface area contributed by atoms with Crippen molar-refractivity contribution in [3.05, 3.63) is 34.6 Å². The van der Waals surface area contributed by atoms with Crippen LogP contribution in [-0.2, 0) is 6.42 Å². The van der Waals surface area contributed by atoms with Gasteiger partial charge in [0.25, 0.3) is 0 Å². The summed E-state index contributed by atoms with van der Waals surface area (Å²) in [6.07, 6.45) is 0.554. The first-order valence-corrected chi connectivity index (χ1v) is 6.83. The van der Waals surface area contributed by atoms with Crippen LogP contribution < -0.4 is 4.74 Å². The molecule has 0 spiro atoms. The third-order valence-electron chi connectivity index (χ3n) is 2.95. The van der Waals surface area contributed by atoms with E-state index < -0.39 is 5.97 Å². The molecule has 21 heavy (non-hydrogen) atoms. The Hall–Kier alpha value is -2.08. The first-order chi connectivity index (χ1) is 9.93. The molecule has 0 amide bonds. The average Bonchev–Trinajstić information content (AvgIpc) is 2.81. The van der Waals surface area contributed by atoms with E-state index in [4.69, 9.17) is 16.3 Å². The Morgan fingerprint density at radius 3 is 2.71 bits per heavy atom. The summed E-state index contributed by atoms with van der Waals surface area (Å²) in [7, 11) is 1.53. The van der Waals surface area contributed by atoms with Crippen LogP contribution in [0, 0.1) is 5.92 Å². The van der Waals surface area contributed by atoms with Gasteiger partial charge in [0.1, 0.15) is 5.75 Å². The van der Waals surface area contributed by atoms with Gasteiger partial charge in [-0.2, -0.15) is 0 Å². The molecule has 1 heterocycles. The van der Waals surface area contributed by atoms with Gasteiger partial charge in [-0.1, -0.05) is 30.7 Å². The van der Waals surface area contributed by atoms with Crippen molar-refractivity contribution in [2.24, 2.45) is 5.92 Å². The minimum absolute atomic E-state index is 0.0318. The van der Waals surface area contributed by atoms with Gasteiger partial charge in [0, 0.05) is 0 Å². The lowest BCUT2D eigenvalue weighted by atomic mass is 10.1. The van der Waals surface area contributed by atoms with Gasteiger partial charge in [0.2, 0.25) is 0 Å². The van der Waals surface area contributed by atoms with Crippen molar-refractivity contribution < 1.29 is 14.6 Å². The van der Waals surface area contributed by atoms with E-state index in [1.54, 1.807) is 18.2 Å². The van der Waals surface area contributed by atoms with Crippen LogP contribution in [0.25, 0.3) is 5.69 Å². The molecule has 0 aliphatic carbocycles. The molecule has 1 aromatic heterocycles. The maximum absolute atomic E-state index is 11.3. The molecule has 2 aromatic rings. The number of halogens is 1. The number of carbonyl (C=O) groups is 1. The second kappa shape index (κ2) is 6.13. The molecule has 0 bridgehead atoms. The molecule has 0 aliphatic rings. The van der Waals surface area contributed by atoms with E-state index in [0.717, 1.165) is 0 Å². The number of hydrogen-bond donors (Lipinski definition) is 1. The number of methoxy groups -OCH3 is 1. The highest BCUT2D eigenvalue weighted by Gasteiger charge is 2.21. The fourth-order valence-corrected chi connectivity index (χ4v) is 2.28. The predicted molar refractivity (Wildman–Crippen MR) is 78.4 cm³/mol. The van der Waals surface area contributed by atoms with E-state index in [1.807, 2.05) is 13.8 Å². The lowest BCUT2D eigenvalue weighted by Crippen LogP contribution is -2.10. The van der Waals surface area contributed by atoms with Crippen LogP contribution in [0.5, 0.6) is 5.75 Å². The molecule has 6 nitrogen and oxygen atoms in total. The van der Waals surface area contributed by atoms with Crippen molar-refractivity contribution in [3.8, 4) is 11.4 Å². The predicted octanol–water partition coefficient (Wildman–Crippen LogP) is 2.83. The van der Waals surface area contributed by atoms with Crippen molar-refractivity contribution in [1.29, 1.82) is 0 Å². The SMILES string of the molecule is COc1ccc(-n2nnc(C(=O)O)c2CC(C)C)cc1Cl. The summed E-state index contributed by atoms with van der Waals surface area (Å²) in [5.74, 6) is -0.269. The summed E-state index contributed by atoms with van der Waals surface area (Å²) in [6.45, 7) is 4.01. The molecule has 7 heteroatoms. The fourth-order valence-electron chi connectivity index (χ4n) is 2.03. The number of aromatic carboxylic acids is 1. The van der Waals surface area contributed by atoms with Crippen LogP contribution in [-0.4, -0.2) is 33.2 Å². The van der Waals surface area contributed by atoms with Crippen molar-refractivity contribution >= 4 is 17.6 Å². The number of hydrogen-bond acceptors (Lipinski definition) is 4. The van der Waals surface area contributed by atoms with Gasteiger partial charge in [-0.05, 0) is 30.5 Å². The average molecular weight is 310 g/mol. The Kier molecular flexibility index (Phi) is 4.47. The number of carboxylic acid groups (broad SMARTS) is 1. The van der Waals surface area contributed by atoms with Crippen LogP contribution in [0.2, 0.25) is 5.02 Å². The number of rotatable bonds is 5. The first kappa shape index (κ1) is 15.3. The van der Waals surface area contributed by atoms with Crippen molar-refractivity contribution in [2.75, 3.05) is 7.11 Å². The first-order valence-electron chi connectivity index (χ1n) is 6.45. The summed E-state index contributed by atoms with van der Waals surface area (Å²) < 4.78 is 6.61. The Morgan fingerprint density at radius 2 is 2.19 bits per heavy atom. The number of nitrogens with zero attached hydrogens (tertiary/aromatic N) is 3. The normalized spacial score (nSPS) is 10.9. The maximum atomic E-state index is 11.3. The topological polar surface area (TPSA) is 77.2 Å². The monoisotopic (exact) mass is 309 g/mol. The molecule has 1 N–H and O–H groups in total. The minimum atomic E-state index is -1.09. The molecule has 112 valence electrons. The van der Waals surface area contributed by atoms with Gasteiger partial charge in [-0.15, -0.1) is 5.10 Å². The highest BCUT2D eigenvalue weighted by molar-refractivity contribution is 6.32. The van der Waals surface area contributed by atoms with Gasteiger partial charge in [0.05, 0.1) is 23.5 Å². The molecule has 0 aliphatic heterocycles. The zero-order chi connectivity index (χ0) is 15.6. The number of ether oxygens (including phenoxy) is 1. The number of carboxylic acids is 1. The maximum Gasteiger partial charge on any atom is 0.358 e. The third kappa shape index (κ3) is 3.16. The van der Waals surface area contributed by atoms with Gasteiger partial charge in [0.15, 0.2) is 5.69 Å². The van der Waals surface area contributed by atoms with E-state index in [9.17, 15) is 9.90 Å². The number of benzene rings is 1. The van der Waals surface area contributed by atoms with Crippen LogP contribution in [0.1, 0.15) is 30.0 Å². The molecular weight excluding hydrogens is 294 g/mol. The lowest BCUT2D eigenvalue weighted by Gasteiger charge is -2.10. The summed E-state index contributed by atoms with van der Waals surface area (Å²) in [5, 5.41) is 17.3. The highest BCUT2D eigenvalue weighted by atomic mass is 35.5. The molecule has 0 unspecified atom stereocenters. The smallest absolute Gasteiger partial charge is 0.358 e. The zero-order valence-electron chi connectivity index (χ0n) is 12.0. The van der Waals surface area contributed by atoms with Gasteiger partial charge in [-0.3, -0.25) is 0 Å². The van der Waals surface area contributed by atoms with Crippen LogP contribution >= 0.6 is 11.6 Å². The minimum Gasteiger partial charge on any atom is -0.495 e. The van der Waals surface area contributed by atoms with E-state index >= 15 is 0 Å². The Balaban J connectivity index is 2.53. The molecule has 0 radical (unpaired) electrons. The summed E-state index contributed by atoms with van der Waals surface area (Å²) >= 11 is 6.10. The molecule has 1 aromatic carbocycles. The van der Waals surface area contributed by atoms with E-state index in [-0.39, 0.29) is 11.6 Å². The Morgan fingerprint density at radius 1 is 1.48 bits per heavy atom. The van der Waals surface area contributed by atoms with Crippen molar-refractivity contribution in [2.45, 2.75) is 20.3 Å². The van der Waals surface area contributed by atoms with Crippen LogP contribution in [0.4, 0.5) is 0 Å². The van der Waals surface area contributed by atoms with Gasteiger partial charge >= 0.3 is 5.97 Å². The van der Waals surface area contributed by atoms with Gasteiger partial charge in [-0.25, -0.2) is 9.48 Å². The second-order valence-electron chi connectivity index (χ2n) is 5.02. The van der Waals surface area contributed by atoms with Crippen LogP contribution in [0.15, 0.2) is 18.2 Å². The quantitative estimate of drug-likeness (QED) is 0.919. The largest absolute Gasteiger partial charge is 0.495 e. The van der Waals surface area contributed by atoms with Crippen LogP contribution in [0.3, 0.4) is 0 Å². The molecule has 0 fully saturated rings. The summed E-state index contributed by atoms with van der Waals surface area (Å²) in [6, 6.07) is 5.14. The Labute approximate surface area is 127 Å². The third-order valence-corrected chi connectivity index (χ3v) is 3.24. The van der Waals surface area contributed by atoms with Crippen molar-refractivity contribution in [3.63, 3.8) is 0 Å². The lowest BCUT2D eigenvalue weighted by molar-refractivity contribution is 0.0689. The molecule has 2 rings (SSSR count). The standard InChI is InChI=1S/C14H16ClN3O3/c1-8(2)6-11-13(14(19)20)16-17-18(11)9-4-5-12(21-3)10(15)7-9/h4-5,7-8H,6H2,1-3H3,(H,19,20). The van der Waals surface area contributed by atoms with Gasteiger partial charge < -0.3 is 9.84 Å². The number of aromatic nitrogens is 3. The second-order valence-corrected chi connectivity index (χ2v) is 5.43. The summed E-state index contributed by atoms with van der Waals surface area (Å²) in [5.41, 5.74) is 1.17. The highest BCUT2D eigenvalue weighted by Crippen LogP contribution is 2.27. The van der Waals surface area contributed by atoms with Crippen molar-refractivity contribution in [1.82, 2.24) is 15.0 Å². The summed E-state index contributed by atoms with van der Waals surface area (Å²) in [4.78, 5) is 11.3. The van der Waals surface area contributed by atoms with E-state index in [0.29, 0.717) is 28.6 Å². The fraction of sp³-hybridized carbons (Fsp3) is 0.357. The van der Waals surface area contributed by atoms with E-state index in [2.05, 4.69) is 10.3 Å². The zero-order valence-corrected chi connectivity index (χ0v) is 12.8. The molecule has 0 saturated carbocycles. The molecule has 0 saturated heterocycles. The van der Waals surface area contributed by atoms with E-state index in [1.165, 1.54) is 11.8 Å².